The number of halogens is 1. The fraction of sp³-hybridized carbons (Fsp3) is 0.462. The van der Waals surface area contributed by atoms with Crippen LogP contribution < -0.4 is 0 Å². The largest absolute Gasteiger partial charge is 0.340 e. The summed E-state index contributed by atoms with van der Waals surface area (Å²) in [5.41, 5.74) is 0.907. The van der Waals surface area contributed by atoms with Crippen molar-refractivity contribution in [1.82, 2.24) is 9.21 Å². The fourth-order valence-electron chi connectivity index (χ4n) is 2.16. The van der Waals surface area contributed by atoms with Gasteiger partial charge in [0.25, 0.3) is 0 Å². The summed E-state index contributed by atoms with van der Waals surface area (Å²) in [4.78, 5) is 13.8. The summed E-state index contributed by atoms with van der Waals surface area (Å²) in [6, 6.07) is 7.16. The maximum absolute atomic E-state index is 12.1. The standard InChI is InChI=1S/C13H17ClN2O3S/c1-20(18,19)16-8-6-15(7-9-16)13(17)10-11-2-4-12(14)5-3-11/h2-5H,6-10H2,1H3. The lowest BCUT2D eigenvalue weighted by atomic mass is 10.1. The number of rotatable bonds is 3. The van der Waals surface area contributed by atoms with Crippen molar-refractivity contribution in [2.75, 3.05) is 32.4 Å². The molecule has 5 nitrogen and oxygen atoms in total. The zero-order valence-electron chi connectivity index (χ0n) is 11.3. The molecule has 7 heteroatoms. The van der Waals surface area contributed by atoms with Crippen LogP contribution in [0, 0.1) is 0 Å². The molecular formula is C13H17ClN2O3S. The van der Waals surface area contributed by atoms with Gasteiger partial charge in [-0.2, -0.15) is 4.31 Å². The van der Waals surface area contributed by atoms with Crippen LogP contribution in [0.2, 0.25) is 5.02 Å². The van der Waals surface area contributed by atoms with Crippen LogP contribution in [0.3, 0.4) is 0 Å². The third kappa shape index (κ3) is 3.94. The van der Waals surface area contributed by atoms with E-state index < -0.39 is 10.0 Å². The maximum Gasteiger partial charge on any atom is 0.227 e. The number of carbonyl (C=O) groups excluding carboxylic acids is 1. The highest BCUT2D eigenvalue weighted by Crippen LogP contribution is 2.12. The van der Waals surface area contributed by atoms with E-state index in [1.807, 2.05) is 12.1 Å². The Balaban J connectivity index is 1.90. The minimum absolute atomic E-state index is 0.0143. The van der Waals surface area contributed by atoms with Gasteiger partial charge in [0, 0.05) is 31.2 Å². The first-order chi connectivity index (χ1) is 9.36. The molecule has 1 aromatic carbocycles. The topological polar surface area (TPSA) is 57.7 Å². The lowest BCUT2D eigenvalue weighted by molar-refractivity contribution is -0.131. The van der Waals surface area contributed by atoms with Crippen molar-refractivity contribution in [3.63, 3.8) is 0 Å². The molecule has 0 saturated carbocycles. The number of hydrogen-bond acceptors (Lipinski definition) is 3. The van der Waals surface area contributed by atoms with Crippen molar-refractivity contribution in [2.24, 2.45) is 0 Å². The van der Waals surface area contributed by atoms with E-state index in [0.29, 0.717) is 37.6 Å². The molecule has 0 unspecified atom stereocenters. The average molecular weight is 317 g/mol. The van der Waals surface area contributed by atoms with Crippen molar-refractivity contribution in [1.29, 1.82) is 0 Å². The van der Waals surface area contributed by atoms with E-state index in [1.54, 1.807) is 17.0 Å². The Morgan fingerprint density at radius 3 is 2.20 bits per heavy atom. The predicted octanol–water partition coefficient (Wildman–Crippen LogP) is 0.986. The zero-order chi connectivity index (χ0) is 14.8. The summed E-state index contributed by atoms with van der Waals surface area (Å²) in [5, 5.41) is 0.642. The first-order valence-electron chi connectivity index (χ1n) is 6.33. The molecule has 0 radical (unpaired) electrons. The average Bonchev–Trinajstić information content (AvgIpc) is 2.40. The van der Waals surface area contributed by atoms with Crippen LogP contribution in [-0.4, -0.2) is 56.0 Å². The van der Waals surface area contributed by atoms with E-state index in [-0.39, 0.29) is 5.91 Å². The zero-order valence-corrected chi connectivity index (χ0v) is 12.8. The number of benzene rings is 1. The first-order valence-corrected chi connectivity index (χ1v) is 8.56. The van der Waals surface area contributed by atoms with Crippen molar-refractivity contribution >= 4 is 27.5 Å². The molecule has 1 heterocycles. The molecule has 0 N–H and O–H groups in total. The Morgan fingerprint density at radius 2 is 1.70 bits per heavy atom. The van der Waals surface area contributed by atoms with Gasteiger partial charge in [0.15, 0.2) is 0 Å². The SMILES string of the molecule is CS(=O)(=O)N1CCN(C(=O)Cc2ccc(Cl)cc2)CC1. The molecule has 1 aliphatic rings. The lowest BCUT2D eigenvalue weighted by Crippen LogP contribution is -2.50. The Hall–Kier alpha value is -1.11. The van der Waals surface area contributed by atoms with E-state index in [4.69, 9.17) is 11.6 Å². The minimum Gasteiger partial charge on any atom is -0.340 e. The van der Waals surface area contributed by atoms with Crippen molar-refractivity contribution < 1.29 is 13.2 Å². The summed E-state index contributed by atoms with van der Waals surface area (Å²) in [5.74, 6) is 0.0143. The highest BCUT2D eigenvalue weighted by atomic mass is 35.5. The van der Waals surface area contributed by atoms with Gasteiger partial charge in [-0.25, -0.2) is 8.42 Å². The summed E-state index contributed by atoms with van der Waals surface area (Å²) in [6.45, 7) is 1.62. The van der Waals surface area contributed by atoms with Crippen LogP contribution in [-0.2, 0) is 21.2 Å². The Bertz CT molecular complexity index is 578. The Morgan fingerprint density at radius 1 is 1.15 bits per heavy atom. The van der Waals surface area contributed by atoms with Crippen LogP contribution in [0.25, 0.3) is 0 Å². The fourth-order valence-corrected chi connectivity index (χ4v) is 3.11. The monoisotopic (exact) mass is 316 g/mol. The Kier molecular flexibility index (Phi) is 4.67. The molecule has 2 rings (SSSR count). The van der Waals surface area contributed by atoms with Gasteiger partial charge in [-0.1, -0.05) is 23.7 Å². The summed E-state index contributed by atoms with van der Waals surface area (Å²) in [6.07, 6.45) is 1.51. The minimum atomic E-state index is -3.16. The van der Waals surface area contributed by atoms with E-state index in [9.17, 15) is 13.2 Å². The second kappa shape index (κ2) is 6.11. The number of piperazine rings is 1. The highest BCUT2D eigenvalue weighted by molar-refractivity contribution is 7.88. The number of amides is 1. The smallest absolute Gasteiger partial charge is 0.227 e. The predicted molar refractivity (Wildman–Crippen MR) is 78.2 cm³/mol. The van der Waals surface area contributed by atoms with Gasteiger partial charge in [-0.3, -0.25) is 4.79 Å². The van der Waals surface area contributed by atoms with E-state index in [0.717, 1.165) is 5.56 Å². The highest BCUT2D eigenvalue weighted by Gasteiger charge is 2.25. The van der Waals surface area contributed by atoms with Gasteiger partial charge in [0.1, 0.15) is 0 Å². The van der Waals surface area contributed by atoms with Crippen LogP contribution in [0.4, 0.5) is 0 Å². The van der Waals surface area contributed by atoms with Crippen LogP contribution >= 0.6 is 11.6 Å². The van der Waals surface area contributed by atoms with E-state index in [1.165, 1.54) is 10.6 Å². The summed E-state index contributed by atoms with van der Waals surface area (Å²) >= 11 is 5.80. The number of hydrogen-bond donors (Lipinski definition) is 0. The molecule has 0 spiro atoms. The van der Waals surface area contributed by atoms with Crippen LogP contribution in [0.5, 0.6) is 0 Å². The van der Waals surface area contributed by atoms with Gasteiger partial charge in [-0.15, -0.1) is 0 Å². The Labute approximate surface area is 124 Å². The third-order valence-electron chi connectivity index (χ3n) is 3.33. The molecule has 110 valence electrons. The molecule has 1 amide bonds. The van der Waals surface area contributed by atoms with Gasteiger partial charge in [-0.05, 0) is 17.7 Å². The molecule has 0 atom stereocenters. The quantitative estimate of drug-likeness (QED) is 0.835. The van der Waals surface area contributed by atoms with Gasteiger partial charge in [0.05, 0.1) is 12.7 Å². The molecule has 0 aromatic heterocycles. The lowest BCUT2D eigenvalue weighted by Gasteiger charge is -2.33. The van der Waals surface area contributed by atoms with E-state index >= 15 is 0 Å². The number of sulfonamides is 1. The van der Waals surface area contributed by atoms with Crippen molar-refractivity contribution in [2.45, 2.75) is 6.42 Å². The van der Waals surface area contributed by atoms with Crippen molar-refractivity contribution in [3.05, 3.63) is 34.9 Å². The normalized spacial score (nSPS) is 17.2. The second-order valence-electron chi connectivity index (χ2n) is 4.85. The molecule has 0 bridgehead atoms. The molecule has 1 saturated heterocycles. The van der Waals surface area contributed by atoms with Crippen LogP contribution in [0.15, 0.2) is 24.3 Å². The molecule has 1 fully saturated rings. The van der Waals surface area contributed by atoms with E-state index in [2.05, 4.69) is 0 Å². The van der Waals surface area contributed by atoms with Gasteiger partial charge in [0.2, 0.25) is 15.9 Å². The molecule has 1 aromatic rings. The summed E-state index contributed by atoms with van der Waals surface area (Å²) in [7, 11) is -3.16. The number of carbonyl (C=O) groups is 1. The molecule has 1 aliphatic heterocycles. The second-order valence-corrected chi connectivity index (χ2v) is 7.26. The molecular weight excluding hydrogens is 300 g/mol. The molecule has 20 heavy (non-hydrogen) atoms. The van der Waals surface area contributed by atoms with Crippen LogP contribution in [0.1, 0.15) is 5.56 Å². The maximum atomic E-state index is 12.1. The third-order valence-corrected chi connectivity index (χ3v) is 4.88. The summed E-state index contributed by atoms with van der Waals surface area (Å²) < 4.78 is 24.2. The van der Waals surface area contributed by atoms with Crippen molar-refractivity contribution in [3.8, 4) is 0 Å². The number of nitrogens with zero attached hydrogens (tertiary/aromatic N) is 2. The van der Waals surface area contributed by atoms with Gasteiger partial charge >= 0.3 is 0 Å². The van der Waals surface area contributed by atoms with Gasteiger partial charge < -0.3 is 4.90 Å². The first kappa shape index (κ1) is 15.3. The molecule has 0 aliphatic carbocycles.